The van der Waals surface area contributed by atoms with Crippen LogP contribution in [-0.4, -0.2) is 54.0 Å². The van der Waals surface area contributed by atoms with E-state index in [1.54, 1.807) is 6.92 Å². The van der Waals surface area contributed by atoms with Crippen LogP contribution in [0.2, 0.25) is 0 Å². The molecule has 2 aromatic rings. The zero-order valence-electron chi connectivity index (χ0n) is 14.2. The van der Waals surface area contributed by atoms with Crippen molar-refractivity contribution in [1.29, 1.82) is 0 Å². The summed E-state index contributed by atoms with van der Waals surface area (Å²) in [4.78, 5) is 22.0. The molecule has 9 heteroatoms. The molecular formula is C17H19FN4O4. The topological polar surface area (TPSA) is 111 Å². The SMILES string of the molecule is CCOc1c(C(=O)O)nc(-c2ccc(N)cc2F)nc1N1CCOCC1. The zero-order valence-corrected chi connectivity index (χ0v) is 14.2. The number of nitrogens with two attached hydrogens (primary N) is 1. The Labute approximate surface area is 149 Å². The van der Waals surface area contributed by atoms with Gasteiger partial charge in [0.15, 0.2) is 23.1 Å². The largest absolute Gasteiger partial charge is 0.488 e. The number of carbonyl (C=O) groups is 1. The van der Waals surface area contributed by atoms with Crippen molar-refractivity contribution >= 4 is 17.5 Å². The maximum Gasteiger partial charge on any atom is 0.358 e. The number of hydrogen-bond donors (Lipinski definition) is 2. The molecule has 0 bridgehead atoms. The fourth-order valence-electron chi connectivity index (χ4n) is 2.68. The van der Waals surface area contributed by atoms with Crippen molar-refractivity contribution in [1.82, 2.24) is 9.97 Å². The van der Waals surface area contributed by atoms with Crippen LogP contribution in [0.25, 0.3) is 11.4 Å². The van der Waals surface area contributed by atoms with Crippen molar-refractivity contribution in [2.24, 2.45) is 0 Å². The zero-order chi connectivity index (χ0) is 18.7. The second-order valence-corrected chi connectivity index (χ2v) is 5.63. The highest BCUT2D eigenvalue weighted by Gasteiger charge is 2.27. The van der Waals surface area contributed by atoms with Gasteiger partial charge in [0.25, 0.3) is 0 Å². The lowest BCUT2D eigenvalue weighted by Crippen LogP contribution is -2.37. The summed E-state index contributed by atoms with van der Waals surface area (Å²) in [6.45, 7) is 3.96. The summed E-state index contributed by atoms with van der Waals surface area (Å²) in [6.07, 6.45) is 0. The highest BCUT2D eigenvalue weighted by molar-refractivity contribution is 5.91. The summed E-state index contributed by atoms with van der Waals surface area (Å²) >= 11 is 0. The van der Waals surface area contributed by atoms with Gasteiger partial charge in [0.05, 0.1) is 25.4 Å². The lowest BCUT2D eigenvalue weighted by molar-refractivity contribution is 0.0685. The standard InChI is InChI=1S/C17H19FN4O4/c1-2-26-14-13(17(23)24)20-15(11-4-3-10(19)9-12(11)18)21-16(14)22-5-7-25-8-6-22/h3-4,9H,2,5-8,19H2,1H3,(H,23,24). The molecule has 3 rings (SSSR count). The fraction of sp³-hybridized carbons (Fsp3) is 0.353. The number of morpholine rings is 1. The van der Waals surface area contributed by atoms with Gasteiger partial charge in [-0.2, -0.15) is 0 Å². The van der Waals surface area contributed by atoms with Gasteiger partial charge in [-0.15, -0.1) is 0 Å². The Morgan fingerprint density at radius 1 is 1.38 bits per heavy atom. The Hall–Kier alpha value is -2.94. The number of benzene rings is 1. The minimum Gasteiger partial charge on any atom is -0.488 e. The van der Waals surface area contributed by atoms with Crippen LogP contribution in [0.5, 0.6) is 5.75 Å². The maximum absolute atomic E-state index is 14.3. The van der Waals surface area contributed by atoms with Gasteiger partial charge in [0.2, 0.25) is 0 Å². The van der Waals surface area contributed by atoms with E-state index in [0.717, 1.165) is 6.07 Å². The van der Waals surface area contributed by atoms with E-state index in [9.17, 15) is 14.3 Å². The first-order valence-corrected chi connectivity index (χ1v) is 8.17. The molecule has 0 amide bonds. The van der Waals surface area contributed by atoms with Crippen molar-refractivity contribution in [3.63, 3.8) is 0 Å². The average molecular weight is 362 g/mol. The normalized spacial score (nSPS) is 14.3. The molecule has 1 fully saturated rings. The summed E-state index contributed by atoms with van der Waals surface area (Å²) < 4.78 is 25.2. The second kappa shape index (κ2) is 7.52. The van der Waals surface area contributed by atoms with Gasteiger partial charge in [-0.25, -0.2) is 19.2 Å². The van der Waals surface area contributed by atoms with Gasteiger partial charge < -0.3 is 25.2 Å². The van der Waals surface area contributed by atoms with E-state index in [1.165, 1.54) is 12.1 Å². The van der Waals surface area contributed by atoms with Crippen LogP contribution in [0.15, 0.2) is 18.2 Å². The van der Waals surface area contributed by atoms with Crippen molar-refractivity contribution in [2.45, 2.75) is 6.92 Å². The van der Waals surface area contributed by atoms with Crippen LogP contribution in [-0.2, 0) is 4.74 Å². The smallest absolute Gasteiger partial charge is 0.358 e. The van der Waals surface area contributed by atoms with Gasteiger partial charge >= 0.3 is 5.97 Å². The predicted molar refractivity (Wildman–Crippen MR) is 93.0 cm³/mol. The van der Waals surface area contributed by atoms with Crippen LogP contribution in [0.3, 0.4) is 0 Å². The summed E-state index contributed by atoms with van der Waals surface area (Å²) in [5.41, 5.74) is 5.59. The lowest BCUT2D eigenvalue weighted by atomic mass is 10.1. The Bertz CT molecular complexity index is 825. The van der Waals surface area contributed by atoms with Crippen molar-refractivity contribution in [2.75, 3.05) is 43.5 Å². The minimum absolute atomic E-state index is 0.0372. The number of anilines is 2. The van der Waals surface area contributed by atoms with E-state index in [0.29, 0.717) is 32.1 Å². The molecule has 2 heterocycles. The molecule has 1 saturated heterocycles. The Morgan fingerprint density at radius 3 is 2.73 bits per heavy atom. The van der Waals surface area contributed by atoms with Gasteiger partial charge in [0.1, 0.15) is 5.82 Å². The van der Waals surface area contributed by atoms with Gasteiger partial charge in [-0.1, -0.05) is 0 Å². The van der Waals surface area contributed by atoms with Crippen molar-refractivity contribution in [3.8, 4) is 17.1 Å². The van der Waals surface area contributed by atoms with E-state index in [2.05, 4.69) is 9.97 Å². The molecule has 1 aliphatic rings. The van der Waals surface area contributed by atoms with Crippen molar-refractivity contribution in [3.05, 3.63) is 29.7 Å². The number of hydrogen-bond acceptors (Lipinski definition) is 7. The molecular weight excluding hydrogens is 343 g/mol. The average Bonchev–Trinajstić information content (AvgIpc) is 2.63. The first-order valence-electron chi connectivity index (χ1n) is 8.17. The molecule has 1 aromatic carbocycles. The number of rotatable bonds is 5. The lowest BCUT2D eigenvalue weighted by Gasteiger charge is -2.29. The number of carboxylic acid groups (broad SMARTS) is 1. The number of ether oxygens (including phenoxy) is 2. The number of carboxylic acids is 1. The molecule has 26 heavy (non-hydrogen) atoms. The summed E-state index contributed by atoms with van der Waals surface area (Å²) in [6, 6.07) is 4.08. The highest BCUT2D eigenvalue weighted by atomic mass is 19.1. The molecule has 3 N–H and O–H groups in total. The first-order chi connectivity index (χ1) is 12.5. The molecule has 0 spiro atoms. The van der Waals surface area contributed by atoms with Crippen LogP contribution >= 0.6 is 0 Å². The van der Waals surface area contributed by atoms with Gasteiger partial charge in [-0.3, -0.25) is 0 Å². The number of nitrogen functional groups attached to an aromatic ring is 1. The van der Waals surface area contributed by atoms with E-state index in [1.807, 2.05) is 4.90 Å². The molecule has 138 valence electrons. The van der Waals surface area contributed by atoms with E-state index in [4.69, 9.17) is 15.2 Å². The van der Waals surface area contributed by atoms with E-state index in [-0.39, 0.29) is 35.1 Å². The van der Waals surface area contributed by atoms with Gasteiger partial charge in [0, 0.05) is 18.8 Å². The summed E-state index contributed by atoms with van der Waals surface area (Å²) in [5, 5.41) is 9.57. The quantitative estimate of drug-likeness (QED) is 0.775. The predicted octanol–water partition coefficient (Wildman–Crippen LogP) is 1.80. The molecule has 0 aliphatic carbocycles. The fourth-order valence-corrected chi connectivity index (χ4v) is 2.68. The molecule has 8 nitrogen and oxygen atoms in total. The third-order valence-electron chi connectivity index (χ3n) is 3.88. The van der Waals surface area contributed by atoms with Crippen LogP contribution in [0.1, 0.15) is 17.4 Å². The number of aromatic carboxylic acids is 1. The Balaban J connectivity index is 2.19. The number of halogens is 1. The van der Waals surface area contributed by atoms with Crippen LogP contribution < -0.4 is 15.4 Å². The molecule has 0 radical (unpaired) electrons. The molecule has 0 unspecified atom stereocenters. The van der Waals surface area contributed by atoms with Gasteiger partial charge in [-0.05, 0) is 25.1 Å². The monoisotopic (exact) mass is 362 g/mol. The summed E-state index contributed by atoms with van der Waals surface area (Å²) in [5.74, 6) is -1.55. The highest BCUT2D eigenvalue weighted by Crippen LogP contribution is 2.33. The van der Waals surface area contributed by atoms with Crippen LogP contribution in [0.4, 0.5) is 15.9 Å². The van der Waals surface area contributed by atoms with E-state index >= 15 is 0 Å². The molecule has 0 saturated carbocycles. The Kier molecular flexibility index (Phi) is 5.17. The third-order valence-corrected chi connectivity index (χ3v) is 3.88. The minimum atomic E-state index is -1.28. The summed E-state index contributed by atoms with van der Waals surface area (Å²) in [7, 11) is 0. The molecule has 1 aliphatic heterocycles. The second-order valence-electron chi connectivity index (χ2n) is 5.63. The number of aromatic nitrogens is 2. The van der Waals surface area contributed by atoms with E-state index < -0.39 is 11.8 Å². The van der Waals surface area contributed by atoms with Crippen molar-refractivity contribution < 1.29 is 23.8 Å². The Morgan fingerprint density at radius 2 is 2.12 bits per heavy atom. The molecule has 0 atom stereocenters. The molecule has 1 aromatic heterocycles. The van der Waals surface area contributed by atoms with Crippen LogP contribution in [0, 0.1) is 5.82 Å². The maximum atomic E-state index is 14.3. The number of nitrogens with zero attached hydrogens (tertiary/aromatic N) is 3. The third kappa shape index (κ3) is 3.52. The first kappa shape index (κ1) is 17.9.